The smallest absolute Gasteiger partial charge is 0.338 e. The van der Waals surface area contributed by atoms with Crippen molar-refractivity contribution in [1.29, 1.82) is 0 Å². The highest BCUT2D eigenvalue weighted by Gasteiger charge is 2.35. The van der Waals surface area contributed by atoms with Gasteiger partial charge in [-0.2, -0.15) is 0 Å². The Morgan fingerprint density at radius 2 is 1.87 bits per heavy atom. The van der Waals surface area contributed by atoms with E-state index >= 15 is 0 Å². The average molecular weight is 676 g/mol. The number of carbonyl (C=O) groups excluding carboxylic acids is 1. The molecule has 0 amide bonds. The van der Waals surface area contributed by atoms with Gasteiger partial charge in [0.1, 0.15) is 12.4 Å². The number of thiazole rings is 1. The lowest BCUT2D eigenvalue weighted by atomic mass is 9.95. The van der Waals surface area contributed by atoms with E-state index in [0.29, 0.717) is 46.8 Å². The lowest BCUT2D eigenvalue weighted by Crippen LogP contribution is -2.40. The van der Waals surface area contributed by atoms with Crippen molar-refractivity contribution >= 4 is 55.2 Å². The highest BCUT2D eigenvalue weighted by molar-refractivity contribution is 9.10. The van der Waals surface area contributed by atoms with Gasteiger partial charge in [-0.1, -0.05) is 39.3 Å². The lowest BCUT2D eigenvalue weighted by Gasteiger charge is -2.26. The molecule has 4 rings (SSSR count). The Morgan fingerprint density at radius 1 is 1.15 bits per heavy atom. The first-order chi connectivity index (χ1) is 18.7. The molecule has 1 aliphatic heterocycles. The Bertz CT molecular complexity index is 1700. The van der Waals surface area contributed by atoms with Crippen molar-refractivity contribution in [2.75, 3.05) is 27.4 Å². The Morgan fingerprint density at radius 3 is 2.51 bits per heavy atom. The van der Waals surface area contributed by atoms with E-state index in [-0.39, 0.29) is 24.3 Å². The number of hydrogen-bond acceptors (Lipinski definition) is 8. The number of hydrogen-bond donors (Lipinski definition) is 0. The predicted octanol–water partition coefficient (Wildman–Crippen LogP) is 4.35. The maximum atomic E-state index is 13.9. The standard InChI is InChI=1S/C28H24Br2N2O6S/c1-6-10-38-20-9-8-16(11-19(20)30)12-23-26(33)32-25(17-13-21(35-4)22(36-5)14-18(17)29)24(27(34)37-7-2)15(3)31-28(32)39-23/h1,8-9,11-14,25H,7,10H2,2-5H3/b23-12-/t25-/m0/s1. The third-order valence-corrected chi connectivity index (χ3v) is 8.17. The Balaban J connectivity index is 1.94. The zero-order valence-corrected chi connectivity index (χ0v) is 25.5. The summed E-state index contributed by atoms with van der Waals surface area (Å²) in [5.41, 5.74) is 1.82. The molecule has 2 aromatic carbocycles. The van der Waals surface area contributed by atoms with E-state index in [1.54, 1.807) is 38.1 Å². The van der Waals surface area contributed by atoms with Crippen molar-refractivity contribution in [3.05, 3.63) is 81.4 Å². The molecule has 2 heterocycles. The van der Waals surface area contributed by atoms with E-state index in [9.17, 15) is 9.59 Å². The molecule has 11 heteroatoms. The molecule has 1 atom stereocenters. The van der Waals surface area contributed by atoms with Crippen molar-refractivity contribution in [3.63, 3.8) is 0 Å². The number of aromatic nitrogens is 1. The van der Waals surface area contributed by atoms with Crippen LogP contribution in [0.4, 0.5) is 0 Å². The van der Waals surface area contributed by atoms with Crippen molar-refractivity contribution in [2.45, 2.75) is 19.9 Å². The summed E-state index contributed by atoms with van der Waals surface area (Å²) in [6.45, 7) is 3.78. The number of nitrogens with zero attached hydrogens (tertiary/aromatic N) is 2. The number of halogens is 2. The van der Waals surface area contributed by atoms with Gasteiger partial charge < -0.3 is 18.9 Å². The van der Waals surface area contributed by atoms with Gasteiger partial charge in [0.25, 0.3) is 5.56 Å². The predicted molar refractivity (Wildman–Crippen MR) is 156 cm³/mol. The van der Waals surface area contributed by atoms with Crippen LogP contribution in [-0.2, 0) is 9.53 Å². The quantitative estimate of drug-likeness (QED) is 0.261. The van der Waals surface area contributed by atoms with Crippen LogP contribution in [0, 0.1) is 12.3 Å². The molecule has 0 unspecified atom stereocenters. The Kier molecular flexibility index (Phi) is 9.00. The monoisotopic (exact) mass is 674 g/mol. The summed E-state index contributed by atoms with van der Waals surface area (Å²) in [6, 6.07) is 8.10. The minimum atomic E-state index is -0.817. The molecular weight excluding hydrogens is 652 g/mol. The topological polar surface area (TPSA) is 88.3 Å². The second kappa shape index (κ2) is 12.2. The molecule has 0 fully saturated rings. The molecule has 0 aliphatic carbocycles. The third-order valence-electron chi connectivity index (χ3n) is 5.88. The molecule has 0 saturated carbocycles. The van der Waals surface area contributed by atoms with Crippen LogP contribution in [0.5, 0.6) is 17.2 Å². The van der Waals surface area contributed by atoms with Crippen LogP contribution in [0.25, 0.3) is 6.08 Å². The van der Waals surface area contributed by atoms with Crippen molar-refractivity contribution in [1.82, 2.24) is 4.57 Å². The minimum Gasteiger partial charge on any atom is -0.493 e. The van der Waals surface area contributed by atoms with Crippen LogP contribution < -0.4 is 29.1 Å². The fourth-order valence-electron chi connectivity index (χ4n) is 4.16. The molecule has 3 aromatic rings. The first kappa shape index (κ1) is 28.7. The van der Waals surface area contributed by atoms with Crippen molar-refractivity contribution in [2.24, 2.45) is 4.99 Å². The Labute approximate surface area is 245 Å². The van der Waals surface area contributed by atoms with E-state index in [0.717, 1.165) is 5.56 Å². The second-order valence-corrected chi connectivity index (χ2v) is 10.9. The molecule has 1 aromatic heterocycles. The molecule has 8 nitrogen and oxygen atoms in total. The normalized spacial score (nSPS) is 14.8. The Hall–Kier alpha value is -3.33. The third kappa shape index (κ3) is 5.69. The van der Waals surface area contributed by atoms with Gasteiger partial charge >= 0.3 is 5.97 Å². The number of terminal acetylenes is 1. The summed E-state index contributed by atoms with van der Waals surface area (Å²) >= 11 is 8.32. The number of rotatable bonds is 8. The van der Waals surface area contributed by atoms with Crippen molar-refractivity contribution in [3.8, 4) is 29.6 Å². The van der Waals surface area contributed by atoms with Crippen LogP contribution in [-0.4, -0.2) is 38.0 Å². The first-order valence-electron chi connectivity index (χ1n) is 11.7. The van der Waals surface area contributed by atoms with Gasteiger partial charge in [0.15, 0.2) is 16.3 Å². The van der Waals surface area contributed by atoms with E-state index in [2.05, 4.69) is 42.8 Å². The molecule has 0 N–H and O–H groups in total. The fourth-order valence-corrected chi connectivity index (χ4v) is 6.26. The molecule has 0 bridgehead atoms. The SMILES string of the molecule is C#CCOc1ccc(/C=c2\sc3n(c2=O)[C@@H](c2cc(OC)c(OC)cc2Br)C(C(=O)OCC)=C(C)N=3)cc1Br. The molecule has 0 radical (unpaired) electrons. The maximum Gasteiger partial charge on any atom is 0.338 e. The molecule has 0 saturated heterocycles. The summed E-state index contributed by atoms with van der Waals surface area (Å²) < 4.78 is 25.1. The summed E-state index contributed by atoms with van der Waals surface area (Å²) in [7, 11) is 3.06. The maximum absolute atomic E-state index is 13.9. The molecular formula is C28H24Br2N2O6S. The van der Waals surface area contributed by atoms with Crippen LogP contribution in [0.15, 0.2) is 60.3 Å². The van der Waals surface area contributed by atoms with Crippen LogP contribution >= 0.6 is 43.2 Å². The van der Waals surface area contributed by atoms with E-state index in [1.807, 2.05) is 12.1 Å². The van der Waals surface area contributed by atoms with Crippen LogP contribution in [0.2, 0.25) is 0 Å². The average Bonchev–Trinajstić information content (AvgIpc) is 3.21. The van der Waals surface area contributed by atoms with E-state index < -0.39 is 12.0 Å². The van der Waals surface area contributed by atoms with Gasteiger partial charge in [0, 0.05) is 4.47 Å². The highest BCUT2D eigenvalue weighted by atomic mass is 79.9. The number of benzene rings is 2. The van der Waals surface area contributed by atoms with Gasteiger partial charge in [-0.05, 0) is 71.2 Å². The fraction of sp³-hybridized carbons (Fsp3) is 0.250. The lowest BCUT2D eigenvalue weighted by molar-refractivity contribution is -0.139. The number of carbonyl (C=O) groups is 1. The molecule has 39 heavy (non-hydrogen) atoms. The largest absolute Gasteiger partial charge is 0.493 e. The number of ether oxygens (including phenoxy) is 4. The van der Waals surface area contributed by atoms with Crippen LogP contribution in [0.3, 0.4) is 0 Å². The summed E-state index contributed by atoms with van der Waals surface area (Å²) in [6.07, 6.45) is 7.05. The zero-order chi connectivity index (χ0) is 28.3. The summed E-state index contributed by atoms with van der Waals surface area (Å²) in [5.74, 6) is 3.43. The second-order valence-electron chi connectivity index (χ2n) is 8.21. The molecule has 1 aliphatic rings. The van der Waals surface area contributed by atoms with Crippen LogP contribution in [0.1, 0.15) is 31.0 Å². The molecule has 202 valence electrons. The minimum absolute atomic E-state index is 0.143. The first-order valence-corrected chi connectivity index (χ1v) is 14.1. The van der Waals surface area contributed by atoms with Gasteiger partial charge in [-0.3, -0.25) is 9.36 Å². The summed E-state index contributed by atoms with van der Waals surface area (Å²) in [5, 5.41) is 0. The van der Waals surface area contributed by atoms with Gasteiger partial charge in [0.05, 0.1) is 47.1 Å². The number of allylic oxidation sites excluding steroid dienone is 1. The highest BCUT2D eigenvalue weighted by Crippen LogP contribution is 2.40. The zero-order valence-electron chi connectivity index (χ0n) is 21.5. The van der Waals surface area contributed by atoms with E-state index in [4.69, 9.17) is 25.4 Å². The van der Waals surface area contributed by atoms with Gasteiger partial charge in [0.2, 0.25) is 0 Å². The van der Waals surface area contributed by atoms with Gasteiger partial charge in [-0.15, -0.1) is 6.42 Å². The van der Waals surface area contributed by atoms with Gasteiger partial charge in [-0.25, -0.2) is 9.79 Å². The van der Waals surface area contributed by atoms with Crippen molar-refractivity contribution < 1.29 is 23.7 Å². The number of fused-ring (bicyclic) bond motifs is 1. The number of esters is 1. The summed E-state index contributed by atoms with van der Waals surface area (Å²) in [4.78, 5) is 32.2. The number of methoxy groups -OCH3 is 2. The molecule has 0 spiro atoms. The van der Waals surface area contributed by atoms with E-state index in [1.165, 1.54) is 30.1 Å².